The summed E-state index contributed by atoms with van der Waals surface area (Å²) in [6, 6.07) is 4.84. The first-order chi connectivity index (χ1) is 13.6. The average Bonchev–Trinajstić information content (AvgIpc) is 2.62. The third-order valence-electron chi connectivity index (χ3n) is 4.08. The Morgan fingerprint density at radius 2 is 1.76 bits per heavy atom. The van der Waals surface area contributed by atoms with Crippen molar-refractivity contribution in [3.05, 3.63) is 33.8 Å². The van der Waals surface area contributed by atoms with Crippen molar-refractivity contribution in [2.45, 2.75) is 44.4 Å². The molecule has 1 rings (SSSR count). The molecule has 1 aromatic rings. The van der Waals surface area contributed by atoms with E-state index in [-0.39, 0.29) is 18.7 Å². The molecule has 7 nitrogen and oxygen atoms in total. The minimum Gasteiger partial charge on any atom is -0.356 e. The van der Waals surface area contributed by atoms with Crippen LogP contribution in [0.5, 0.6) is 0 Å². The molecule has 0 spiro atoms. The zero-order valence-corrected chi connectivity index (χ0v) is 19.3. The summed E-state index contributed by atoms with van der Waals surface area (Å²) in [6.45, 7) is 0.491. The van der Waals surface area contributed by atoms with Crippen LogP contribution in [0.4, 0.5) is 0 Å². The molecule has 0 bridgehead atoms. The number of halogens is 2. The Bertz CT molecular complexity index is 790. The minimum absolute atomic E-state index is 0.0414. The van der Waals surface area contributed by atoms with Gasteiger partial charge in [-0.15, -0.1) is 0 Å². The SMILES string of the molecule is CS(=O)(=O)SCCCCCCNC(=O)CC(CC(=O)NO)c1ccc(Cl)cc1Cl. The largest absolute Gasteiger partial charge is 0.356 e. The highest BCUT2D eigenvalue weighted by atomic mass is 35.5. The summed E-state index contributed by atoms with van der Waals surface area (Å²) in [6.07, 6.45) is 4.49. The van der Waals surface area contributed by atoms with Crippen LogP contribution in [0.25, 0.3) is 0 Å². The summed E-state index contributed by atoms with van der Waals surface area (Å²) >= 11 is 12.1. The first kappa shape index (κ1) is 26.0. The Labute approximate surface area is 185 Å². The van der Waals surface area contributed by atoms with Crippen LogP contribution in [0, 0.1) is 0 Å². The molecule has 1 aromatic carbocycles. The van der Waals surface area contributed by atoms with Gasteiger partial charge in [-0.2, -0.15) is 0 Å². The Morgan fingerprint density at radius 1 is 1.10 bits per heavy atom. The van der Waals surface area contributed by atoms with E-state index in [1.165, 1.54) is 6.26 Å². The Hall–Kier alpha value is -1.000. The second kappa shape index (κ2) is 13.3. The van der Waals surface area contributed by atoms with E-state index >= 15 is 0 Å². The van der Waals surface area contributed by atoms with Crippen LogP contribution in [0.3, 0.4) is 0 Å². The second-order valence-corrected chi connectivity index (χ2v) is 12.0. The van der Waals surface area contributed by atoms with Gasteiger partial charge < -0.3 is 5.32 Å². The van der Waals surface area contributed by atoms with Gasteiger partial charge in [0.2, 0.25) is 11.8 Å². The number of hydrogen-bond donors (Lipinski definition) is 3. The summed E-state index contributed by atoms with van der Waals surface area (Å²) in [5.74, 6) is -0.762. The van der Waals surface area contributed by atoms with Gasteiger partial charge >= 0.3 is 0 Å². The minimum atomic E-state index is -2.98. The molecular formula is C18H26Cl2N2O5S2. The average molecular weight is 485 g/mol. The first-order valence-corrected chi connectivity index (χ1v) is 13.3. The first-order valence-electron chi connectivity index (χ1n) is 9.11. The number of amides is 2. The van der Waals surface area contributed by atoms with Gasteiger partial charge in [0.05, 0.1) is 0 Å². The number of carbonyl (C=O) groups excluding carboxylic acids is 2. The molecule has 0 radical (unpaired) electrons. The predicted molar refractivity (Wildman–Crippen MR) is 117 cm³/mol. The maximum absolute atomic E-state index is 12.3. The summed E-state index contributed by atoms with van der Waals surface area (Å²) in [7, 11) is -2.04. The standard InChI is InChI=1S/C18H26Cl2N2O5S2/c1-29(26,27)28-9-5-3-2-4-8-21-17(23)10-13(11-18(24)22-25)15-7-6-14(19)12-16(15)20/h6-7,12-13,25H,2-5,8-11H2,1H3,(H,21,23)(H,22,24). The van der Waals surface area contributed by atoms with Crippen LogP contribution in [-0.4, -0.2) is 44.0 Å². The van der Waals surface area contributed by atoms with Crippen molar-refractivity contribution in [3.63, 3.8) is 0 Å². The molecule has 11 heteroatoms. The molecule has 29 heavy (non-hydrogen) atoms. The summed E-state index contributed by atoms with van der Waals surface area (Å²) in [5.41, 5.74) is 2.19. The van der Waals surface area contributed by atoms with Crippen LogP contribution in [0.15, 0.2) is 18.2 Å². The molecule has 0 aliphatic carbocycles. The highest BCUT2D eigenvalue weighted by Crippen LogP contribution is 2.32. The number of benzene rings is 1. The lowest BCUT2D eigenvalue weighted by atomic mass is 9.91. The van der Waals surface area contributed by atoms with E-state index in [1.54, 1.807) is 23.7 Å². The molecule has 0 heterocycles. The van der Waals surface area contributed by atoms with Crippen molar-refractivity contribution in [2.24, 2.45) is 0 Å². The van der Waals surface area contributed by atoms with Gasteiger partial charge in [0.25, 0.3) is 0 Å². The van der Waals surface area contributed by atoms with Gasteiger partial charge in [0.15, 0.2) is 8.87 Å². The van der Waals surface area contributed by atoms with E-state index in [2.05, 4.69) is 5.32 Å². The van der Waals surface area contributed by atoms with E-state index in [1.807, 2.05) is 0 Å². The topological polar surface area (TPSA) is 113 Å². The van der Waals surface area contributed by atoms with Crippen molar-refractivity contribution >= 4 is 54.7 Å². The van der Waals surface area contributed by atoms with Gasteiger partial charge in [-0.25, -0.2) is 13.9 Å². The van der Waals surface area contributed by atoms with Gasteiger partial charge in [-0.1, -0.05) is 42.1 Å². The fourth-order valence-electron chi connectivity index (χ4n) is 2.71. The van der Waals surface area contributed by atoms with E-state index in [0.29, 0.717) is 27.9 Å². The molecular weight excluding hydrogens is 459 g/mol. The third kappa shape index (κ3) is 11.7. The smallest absolute Gasteiger partial charge is 0.243 e. The molecule has 0 aliphatic heterocycles. The molecule has 1 unspecified atom stereocenters. The number of carbonyl (C=O) groups is 2. The number of rotatable bonds is 13. The van der Waals surface area contributed by atoms with E-state index < -0.39 is 20.7 Å². The second-order valence-electron chi connectivity index (χ2n) is 6.60. The van der Waals surface area contributed by atoms with E-state index in [9.17, 15) is 18.0 Å². The highest BCUT2D eigenvalue weighted by molar-refractivity contribution is 8.71. The lowest BCUT2D eigenvalue weighted by Gasteiger charge is -2.18. The molecule has 1 atom stereocenters. The maximum atomic E-state index is 12.3. The Morgan fingerprint density at radius 3 is 2.38 bits per heavy atom. The number of hydrogen-bond acceptors (Lipinski definition) is 6. The zero-order chi connectivity index (χ0) is 21.9. The maximum Gasteiger partial charge on any atom is 0.243 e. The molecule has 3 N–H and O–H groups in total. The van der Waals surface area contributed by atoms with Crippen molar-refractivity contribution in [3.8, 4) is 0 Å². The van der Waals surface area contributed by atoms with Crippen molar-refractivity contribution in [1.29, 1.82) is 0 Å². The van der Waals surface area contributed by atoms with Crippen LogP contribution in [-0.2, 0) is 18.5 Å². The molecule has 2 amide bonds. The number of hydroxylamine groups is 1. The third-order valence-corrected chi connectivity index (χ3v) is 7.31. The fraction of sp³-hybridized carbons (Fsp3) is 0.556. The van der Waals surface area contributed by atoms with E-state index in [0.717, 1.165) is 36.5 Å². The van der Waals surface area contributed by atoms with Crippen LogP contribution in [0.1, 0.15) is 50.0 Å². The summed E-state index contributed by atoms with van der Waals surface area (Å²) in [5, 5.41) is 12.4. The van der Waals surface area contributed by atoms with Crippen LogP contribution in [0.2, 0.25) is 10.0 Å². The molecule has 0 fully saturated rings. The molecule has 0 aromatic heterocycles. The predicted octanol–water partition coefficient (Wildman–Crippen LogP) is 3.73. The summed E-state index contributed by atoms with van der Waals surface area (Å²) < 4.78 is 22.0. The Balaban J connectivity index is 2.43. The van der Waals surface area contributed by atoms with Gasteiger partial charge in [0.1, 0.15) is 0 Å². The fourth-order valence-corrected chi connectivity index (χ4v) is 5.16. The van der Waals surface area contributed by atoms with Crippen LogP contribution < -0.4 is 10.8 Å². The monoisotopic (exact) mass is 484 g/mol. The van der Waals surface area contributed by atoms with Crippen molar-refractivity contribution in [1.82, 2.24) is 10.8 Å². The lowest BCUT2D eigenvalue weighted by molar-refractivity contribution is -0.129. The van der Waals surface area contributed by atoms with Crippen LogP contribution >= 0.6 is 34.0 Å². The lowest BCUT2D eigenvalue weighted by Crippen LogP contribution is -2.28. The molecule has 0 saturated heterocycles. The molecule has 164 valence electrons. The van der Waals surface area contributed by atoms with Gasteiger partial charge in [-0.3, -0.25) is 14.8 Å². The normalized spacial score (nSPS) is 12.4. The van der Waals surface area contributed by atoms with E-state index in [4.69, 9.17) is 28.4 Å². The van der Waals surface area contributed by atoms with Gasteiger partial charge in [-0.05, 0) is 41.3 Å². The Kier molecular flexibility index (Phi) is 12.0. The number of unbranched alkanes of at least 4 members (excludes halogenated alkanes) is 3. The molecule has 0 aliphatic rings. The quantitative estimate of drug-likeness (QED) is 0.170. The van der Waals surface area contributed by atoms with Crippen molar-refractivity contribution < 1.29 is 23.2 Å². The zero-order valence-electron chi connectivity index (χ0n) is 16.1. The van der Waals surface area contributed by atoms with Gasteiger partial charge in [0, 0.05) is 47.4 Å². The summed E-state index contributed by atoms with van der Waals surface area (Å²) in [4.78, 5) is 23.9. The highest BCUT2D eigenvalue weighted by Gasteiger charge is 2.22. The number of nitrogens with one attached hydrogen (secondary N) is 2. The molecule has 0 saturated carbocycles. The van der Waals surface area contributed by atoms with Crippen molar-refractivity contribution in [2.75, 3.05) is 18.6 Å².